The van der Waals surface area contributed by atoms with Crippen molar-refractivity contribution in [3.8, 4) is 0 Å². The first kappa shape index (κ1) is 36.8. The second kappa shape index (κ2) is 15.6. The number of hydrogen-bond donors (Lipinski definition) is 0. The van der Waals surface area contributed by atoms with Gasteiger partial charge >= 0.3 is 18.3 Å². The Labute approximate surface area is 263 Å². The summed E-state index contributed by atoms with van der Waals surface area (Å²) in [6, 6.07) is 6.85. The van der Waals surface area contributed by atoms with Crippen molar-refractivity contribution in [3.63, 3.8) is 0 Å². The number of amides is 3. The molecule has 0 bridgehead atoms. The van der Waals surface area contributed by atoms with E-state index in [-0.39, 0.29) is 24.4 Å². The Hall–Kier alpha value is -3.35. The third kappa shape index (κ3) is 13.5. The molecule has 1 fully saturated rings. The number of nitrogens with zero attached hydrogens (tertiary/aromatic N) is 4. The van der Waals surface area contributed by atoms with Crippen LogP contribution in [0.4, 0.5) is 20.1 Å². The third-order valence-electron chi connectivity index (χ3n) is 6.79. The molecule has 0 aliphatic carbocycles. The van der Waals surface area contributed by atoms with Crippen molar-refractivity contribution in [2.45, 2.75) is 110 Å². The molecule has 1 unspecified atom stereocenters. The fourth-order valence-electron chi connectivity index (χ4n) is 4.58. The highest BCUT2D eigenvalue weighted by atomic mass is 28.3. The number of nitro groups is 1. The smallest absolute Gasteiger partial charge is 0.410 e. The average molecular weight is 637 g/mol. The van der Waals surface area contributed by atoms with Gasteiger partial charge in [-0.2, -0.15) is 0 Å². The van der Waals surface area contributed by atoms with Crippen molar-refractivity contribution in [2.24, 2.45) is 0 Å². The van der Waals surface area contributed by atoms with E-state index in [4.69, 9.17) is 14.2 Å². The number of benzene rings is 1. The Bertz CT molecular complexity index is 1140. The van der Waals surface area contributed by atoms with Crippen molar-refractivity contribution in [3.05, 3.63) is 39.9 Å². The number of likely N-dealkylation sites (tertiary alicyclic amines) is 1. The van der Waals surface area contributed by atoms with Crippen LogP contribution in [0.3, 0.4) is 0 Å². The fourth-order valence-corrected chi connectivity index (χ4v) is 5.29. The molecule has 1 aromatic rings. The lowest BCUT2D eigenvalue weighted by Crippen LogP contribution is -2.46. The first-order chi connectivity index (χ1) is 20.2. The van der Waals surface area contributed by atoms with Crippen LogP contribution in [0.1, 0.15) is 66.4 Å². The van der Waals surface area contributed by atoms with Crippen LogP contribution >= 0.6 is 0 Å². The van der Waals surface area contributed by atoms with Gasteiger partial charge in [-0.1, -0.05) is 31.8 Å². The molecule has 13 heteroatoms. The van der Waals surface area contributed by atoms with Gasteiger partial charge in [0.25, 0.3) is 5.69 Å². The first-order valence-corrected chi connectivity index (χ1v) is 19.1. The van der Waals surface area contributed by atoms with Crippen LogP contribution < -0.4 is 0 Å². The van der Waals surface area contributed by atoms with E-state index in [0.717, 1.165) is 6.04 Å². The number of rotatable bonds is 12. The molecular weight excluding hydrogens is 584 g/mol. The standard InChI is InChI=1S/C31H52N4O8Si/c1-30(2,3)42-28(37)32(22-24-13-12-14-25(21-24)35(39)40)16-10-11-17-34(29(38)43-31(4,5)6)26-15-18-33(23-26)27(36)41-19-20-44(7,8)9/h12-14,21,26H,10-11,15-20,22-23H2,1-9H3. The fraction of sp³-hybridized carbons (Fsp3) is 0.710. The number of carbonyl (C=O) groups is 3. The summed E-state index contributed by atoms with van der Waals surface area (Å²) in [4.78, 5) is 54.7. The zero-order valence-electron chi connectivity index (χ0n) is 28.0. The Morgan fingerprint density at radius 2 is 1.61 bits per heavy atom. The lowest BCUT2D eigenvalue weighted by atomic mass is 10.1. The normalized spacial score (nSPS) is 15.5. The lowest BCUT2D eigenvalue weighted by Gasteiger charge is -2.32. The molecule has 1 aliphatic heterocycles. The molecule has 1 heterocycles. The molecule has 3 amide bonds. The van der Waals surface area contributed by atoms with Crippen molar-refractivity contribution in [1.82, 2.24) is 14.7 Å². The second-order valence-corrected chi connectivity index (χ2v) is 20.1. The van der Waals surface area contributed by atoms with Gasteiger partial charge in [0.15, 0.2) is 0 Å². The maximum absolute atomic E-state index is 13.3. The number of carbonyl (C=O) groups excluding carboxylic acids is 3. The van der Waals surface area contributed by atoms with E-state index in [2.05, 4.69) is 19.6 Å². The zero-order chi connectivity index (χ0) is 33.3. The van der Waals surface area contributed by atoms with Crippen molar-refractivity contribution >= 4 is 32.0 Å². The van der Waals surface area contributed by atoms with E-state index in [1.54, 1.807) is 42.7 Å². The number of ether oxygens (including phenoxy) is 3. The minimum Gasteiger partial charge on any atom is -0.450 e. The summed E-state index contributed by atoms with van der Waals surface area (Å²) in [6.45, 7) is 19.5. The number of hydrogen-bond acceptors (Lipinski definition) is 8. The molecule has 0 saturated carbocycles. The molecule has 44 heavy (non-hydrogen) atoms. The highest BCUT2D eigenvalue weighted by Gasteiger charge is 2.35. The molecule has 0 aromatic heterocycles. The van der Waals surface area contributed by atoms with Crippen LogP contribution in [0.15, 0.2) is 24.3 Å². The third-order valence-corrected chi connectivity index (χ3v) is 8.50. The maximum atomic E-state index is 13.3. The van der Waals surface area contributed by atoms with Gasteiger partial charge in [0.1, 0.15) is 11.2 Å². The quantitative estimate of drug-likeness (QED) is 0.0796. The SMILES string of the molecule is CC(C)(C)OC(=O)N(CCCCN(C(=O)OC(C)(C)C)C1CCN(C(=O)OCC[Si](C)(C)C)C1)Cc1cccc([N+](=O)[O-])c1. The largest absolute Gasteiger partial charge is 0.450 e. The van der Waals surface area contributed by atoms with Crippen LogP contribution in [-0.4, -0.2) is 96.0 Å². The predicted octanol–water partition coefficient (Wildman–Crippen LogP) is 6.90. The molecule has 12 nitrogen and oxygen atoms in total. The minimum absolute atomic E-state index is 0.0508. The summed E-state index contributed by atoms with van der Waals surface area (Å²) in [5.41, 5.74) is -0.835. The van der Waals surface area contributed by atoms with E-state index in [1.807, 2.05) is 20.8 Å². The van der Waals surface area contributed by atoms with Gasteiger partial charge in [-0.15, -0.1) is 0 Å². The van der Waals surface area contributed by atoms with E-state index in [9.17, 15) is 24.5 Å². The van der Waals surface area contributed by atoms with Crippen LogP contribution in [0.5, 0.6) is 0 Å². The Morgan fingerprint density at radius 1 is 1.00 bits per heavy atom. The molecule has 0 radical (unpaired) electrons. The molecule has 1 aliphatic rings. The molecule has 248 valence electrons. The number of nitro benzene ring substituents is 1. The molecular formula is C31H52N4O8Si. The minimum atomic E-state index is -1.33. The van der Waals surface area contributed by atoms with E-state index < -0.39 is 36.4 Å². The van der Waals surface area contributed by atoms with Crippen molar-refractivity contribution < 1.29 is 33.5 Å². The van der Waals surface area contributed by atoms with Gasteiger partial charge in [-0.05, 0) is 72.4 Å². The Balaban J connectivity index is 2.07. The summed E-state index contributed by atoms with van der Waals surface area (Å²) >= 11 is 0. The summed E-state index contributed by atoms with van der Waals surface area (Å²) in [5, 5.41) is 11.3. The van der Waals surface area contributed by atoms with E-state index >= 15 is 0 Å². The predicted molar refractivity (Wildman–Crippen MR) is 171 cm³/mol. The van der Waals surface area contributed by atoms with E-state index in [0.29, 0.717) is 57.6 Å². The highest BCUT2D eigenvalue weighted by molar-refractivity contribution is 6.76. The van der Waals surface area contributed by atoms with Crippen LogP contribution in [0, 0.1) is 10.1 Å². The van der Waals surface area contributed by atoms with Crippen LogP contribution in [0.2, 0.25) is 25.7 Å². The molecule has 1 atom stereocenters. The highest BCUT2D eigenvalue weighted by Crippen LogP contribution is 2.22. The average Bonchev–Trinajstić information content (AvgIpc) is 3.35. The number of unbranched alkanes of at least 4 members (excludes halogenated alkanes) is 1. The van der Waals surface area contributed by atoms with Gasteiger partial charge in [0.05, 0.1) is 17.6 Å². The summed E-state index contributed by atoms with van der Waals surface area (Å²) in [7, 11) is -1.33. The van der Waals surface area contributed by atoms with Gasteiger partial charge in [-0.25, -0.2) is 14.4 Å². The van der Waals surface area contributed by atoms with Gasteiger partial charge in [0.2, 0.25) is 0 Å². The first-order valence-electron chi connectivity index (χ1n) is 15.4. The topological polar surface area (TPSA) is 132 Å². The van der Waals surface area contributed by atoms with Gasteiger partial charge in [0, 0.05) is 52.9 Å². The summed E-state index contributed by atoms with van der Waals surface area (Å²) in [6.07, 6.45) is 0.389. The molecule has 1 saturated heterocycles. The molecule has 0 N–H and O–H groups in total. The van der Waals surface area contributed by atoms with Crippen LogP contribution in [0.25, 0.3) is 0 Å². The molecule has 0 spiro atoms. The lowest BCUT2D eigenvalue weighted by molar-refractivity contribution is -0.384. The van der Waals surface area contributed by atoms with Crippen molar-refractivity contribution in [2.75, 3.05) is 32.8 Å². The second-order valence-electron chi connectivity index (χ2n) is 14.5. The Kier molecular flexibility index (Phi) is 13.0. The molecule has 2 rings (SSSR count). The van der Waals surface area contributed by atoms with Crippen LogP contribution in [-0.2, 0) is 20.8 Å². The summed E-state index contributed by atoms with van der Waals surface area (Å²) in [5.74, 6) is 0. The van der Waals surface area contributed by atoms with Gasteiger partial charge < -0.3 is 28.9 Å². The summed E-state index contributed by atoms with van der Waals surface area (Å²) < 4.78 is 16.8. The number of non-ortho nitro benzene ring substituents is 1. The monoisotopic (exact) mass is 636 g/mol. The Morgan fingerprint density at radius 3 is 2.20 bits per heavy atom. The maximum Gasteiger partial charge on any atom is 0.410 e. The molecule has 1 aromatic carbocycles. The van der Waals surface area contributed by atoms with Gasteiger partial charge in [-0.3, -0.25) is 10.1 Å². The van der Waals surface area contributed by atoms with Crippen molar-refractivity contribution in [1.29, 1.82) is 0 Å². The van der Waals surface area contributed by atoms with E-state index in [1.165, 1.54) is 17.0 Å². The zero-order valence-corrected chi connectivity index (χ0v) is 29.0.